The van der Waals surface area contributed by atoms with Gasteiger partial charge in [-0.2, -0.15) is 0 Å². The van der Waals surface area contributed by atoms with E-state index in [1.807, 2.05) is 4.90 Å². The Morgan fingerprint density at radius 3 is 2.67 bits per heavy atom. The highest BCUT2D eigenvalue weighted by Crippen LogP contribution is 2.21. The van der Waals surface area contributed by atoms with Crippen molar-refractivity contribution in [1.82, 2.24) is 4.90 Å². The van der Waals surface area contributed by atoms with Gasteiger partial charge in [0.2, 0.25) is 0 Å². The SMILES string of the molecule is O=C(O)[C@@H]1CCCN1Cc1ccc([N+](=O)[O-])cc1. The smallest absolute Gasteiger partial charge is 0.320 e. The van der Waals surface area contributed by atoms with Gasteiger partial charge in [0.1, 0.15) is 6.04 Å². The molecule has 0 unspecified atom stereocenters. The molecule has 1 aromatic carbocycles. The van der Waals surface area contributed by atoms with Gasteiger partial charge in [0.25, 0.3) is 5.69 Å². The molecular weight excluding hydrogens is 236 g/mol. The number of nitrogens with zero attached hydrogens (tertiary/aromatic N) is 2. The zero-order valence-electron chi connectivity index (χ0n) is 9.78. The molecule has 1 atom stereocenters. The second kappa shape index (κ2) is 5.14. The summed E-state index contributed by atoms with van der Waals surface area (Å²) >= 11 is 0. The number of hydrogen-bond donors (Lipinski definition) is 1. The first-order chi connectivity index (χ1) is 8.58. The van der Waals surface area contributed by atoms with E-state index in [2.05, 4.69) is 0 Å². The van der Waals surface area contributed by atoms with Gasteiger partial charge in [0.15, 0.2) is 0 Å². The van der Waals surface area contributed by atoms with Crippen LogP contribution < -0.4 is 0 Å². The second-order valence-corrected chi connectivity index (χ2v) is 4.39. The maximum absolute atomic E-state index is 11.0. The number of nitro groups is 1. The standard InChI is InChI=1S/C12H14N2O4/c15-12(16)11-2-1-7-13(11)8-9-3-5-10(6-4-9)14(17)18/h3-6,11H,1-2,7-8H2,(H,15,16)/t11-/m0/s1. The Bertz CT molecular complexity index is 458. The Morgan fingerprint density at radius 2 is 2.11 bits per heavy atom. The Balaban J connectivity index is 2.05. The first-order valence-electron chi connectivity index (χ1n) is 5.78. The lowest BCUT2D eigenvalue weighted by molar-refractivity contribution is -0.384. The number of likely N-dealkylation sites (tertiary alicyclic amines) is 1. The minimum Gasteiger partial charge on any atom is -0.480 e. The van der Waals surface area contributed by atoms with E-state index in [0.29, 0.717) is 13.0 Å². The molecule has 1 saturated heterocycles. The van der Waals surface area contributed by atoms with Gasteiger partial charge in [-0.05, 0) is 24.9 Å². The second-order valence-electron chi connectivity index (χ2n) is 4.39. The molecule has 6 heteroatoms. The minimum absolute atomic E-state index is 0.0509. The van der Waals surface area contributed by atoms with E-state index >= 15 is 0 Å². The summed E-state index contributed by atoms with van der Waals surface area (Å²) in [5, 5.41) is 19.6. The van der Waals surface area contributed by atoms with Gasteiger partial charge in [-0.25, -0.2) is 0 Å². The van der Waals surface area contributed by atoms with Crippen LogP contribution in [0.3, 0.4) is 0 Å². The quantitative estimate of drug-likeness (QED) is 0.648. The number of non-ortho nitro benzene ring substituents is 1. The van der Waals surface area contributed by atoms with Crippen LogP contribution >= 0.6 is 0 Å². The zero-order chi connectivity index (χ0) is 13.1. The molecule has 2 rings (SSSR count). The summed E-state index contributed by atoms with van der Waals surface area (Å²) in [5.74, 6) is -0.797. The summed E-state index contributed by atoms with van der Waals surface area (Å²) < 4.78 is 0. The molecule has 1 aliphatic heterocycles. The summed E-state index contributed by atoms with van der Waals surface area (Å²) in [7, 11) is 0. The summed E-state index contributed by atoms with van der Waals surface area (Å²) in [6.45, 7) is 1.28. The third-order valence-corrected chi connectivity index (χ3v) is 3.18. The molecular formula is C12H14N2O4. The Morgan fingerprint density at radius 1 is 1.44 bits per heavy atom. The molecule has 1 aliphatic rings. The van der Waals surface area contributed by atoms with Crippen LogP contribution in [-0.2, 0) is 11.3 Å². The maximum atomic E-state index is 11.0. The highest BCUT2D eigenvalue weighted by molar-refractivity contribution is 5.73. The van der Waals surface area contributed by atoms with Crippen molar-refractivity contribution in [3.63, 3.8) is 0 Å². The van der Waals surface area contributed by atoms with Gasteiger partial charge in [0.05, 0.1) is 4.92 Å². The van der Waals surface area contributed by atoms with Gasteiger partial charge in [-0.15, -0.1) is 0 Å². The normalized spacial score (nSPS) is 19.9. The van der Waals surface area contributed by atoms with Crippen LogP contribution in [0, 0.1) is 10.1 Å². The van der Waals surface area contributed by atoms with E-state index in [1.165, 1.54) is 12.1 Å². The van der Waals surface area contributed by atoms with Crippen molar-refractivity contribution in [3.8, 4) is 0 Å². The molecule has 0 spiro atoms. The molecule has 0 aromatic heterocycles. The van der Waals surface area contributed by atoms with Crippen molar-refractivity contribution in [3.05, 3.63) is 39.9 Å². The number of carboxylic acids is 1. The molecule has 0 bridgehead atoms. The molecule has 0 amide bonds. The van der Waals surface area contributed by atoms with E-state index < -0.39 is 16.9 Å². The fraction of sp³-hybridized carbons (Fsp3) is 0.417. The van der Waals surface area contributed by atoms with Crippen molar-refractivity contribution in [2.24, 2.45) is 0 Å². The maximum Gasteiger partial charge on any atom is 0.320 e. The average molecular weight is 250 g/mol. The summed E-state index contributed by atoms with van der Waals surface area (Å²) in [6, 6.07) is 5.81. The van der Waals surface area contributed by atoms with Gasteiger partial charge in [-0.1, -0.05) is 12.1 Å². The molecule has 1 heterocycles. The largest absolute Gasteiger partial charge is 0.480 e. The van der Waals surface area contributed by atoms with Crippen LogP contribution in [0.2, 0.25) is 0 Å². The highest BCUT2D eigenvalue weighted by atomic mass is 16.6. The van der Waals surface area contributed by atoms with Crippen LogP contribution in [0.1, 0.15) is 18.4 Å². The van der Waals surface area contributed by atoms with Crippen LogP contribution in [0.15, 0.2) is 24.3 Å². The Kier molecular flexibility index (Phi) is 3.57. The third-order valence-electron chi connectivity index (χ3n) is 3.18. The van der Waals surface area contributed by atoms with Gasteiger partial charge >= 0.3 is 5.97 Å². The van der Waals surface area contributed by atoms with E-state index in [4.69, 9.17) is 5.11 Å². The molecule has 0 aliphatic carbocycles. The number of benzene rings is 1. The Labute approximate surface area is 104 Å². The lowest BCUT2D eigenvalue weighted by Gasteiger charge is -2.20. The summed E-state index contributed by atoms with van der Waals surface area (Å²) in [5.41, 5.74) is 0.948. The molecule has 0 radical (unpaired) electrons. The first kappa shape index (κ1) is 12.5. The summed E-state index contributed by atoms with van der Waals surface area (Å²) in [6.07, 6.45) is 1.55. The molecule has 1 fully saturated rings. The zero-order valence-corrected chi connectivity index (χ0v) is 9.78. The lowest BCUT2D eigenvalue weighted by Crippen LogP contribution is -2.35. The van der Waals surface area contributed by atoms with Crippen molar-refractivity contribution < 1.29 is 14.8 Å². The predicted octanol–water partition coefficient (Wildman–Crippen LogP) is 1.64. The molecule has 1 N–H and O–H groups in total. The van der Waals surface area contributed by atoms with Crippen LogP contribution in [0.4, 0.5) is 5.69 Å². The molecule has 6 nitrogen and oxygen atoms in total. The minimum atomic E-state index is -0.797. The first-order valence-corrected chi connectivity index (χ1v) is 5.78. The number of hydrogen-bond acceptors (Lipinski definition) is 4. The van der Waals surface area contributed by atoms with Crippen LogP contribution in [0.5, 0.6) is 0 Å². The highest BCUT2D eigenvalue weighted by Gasteiger charge is 2.30. The van der Waals surface area contributed by atoms with E-state index in [1.54, 1.807) is 12.1 Å². The van der Waals surface area contributed by atoms with E-state index in [-0.39, 0.29) is 5.69 Å². The third kappa shape index (κ3) is 2.65. The molecule has 96 valence electrons. The average Bonchev–Trinajstić information content (AvgIpc) is 2.78. The number of carbonyl (C=O) groups is 1. The van der Waals surface area contributed by atoms with E-state index in [0.717, 1.165) is 18.5 Å². The Hall–Kier alpha value is -1.95. The van der Waals surface area contributed by atoms with Crippen molar-refractivity contribution in [2.75, 3.05) is 6.54 Å². The molecule has 18 heavy (non-hydrogen) atoms. The van der Waals surface area contributed by atoms with Crippen molar-refractivity contribution >= 4 is 11.7 Å². The van der Waals surface area contributed by atoms with Gasteiger partial charge in [0, 0.05) is 18.7 Å². The lowest BCUT2D eigenvalue weighted by atomic mass is 10.1. The number of aliphatic carboxylic acids is 1. The number of carboxylic acid groups (broad SMARTS) is 1. The predicted molar refractivity (Wildman–Crippen MR) is 64.2 cm³/mol. The van der Waals surface area contributed by atoms with Gasteiger partial charge < -0.3 is 5.11 Å². The van der Waals surface area contributed by atoms with Crippen LogP contribution in [-0.4, -0.2) is 33.5 Å². The van der Waals surface area contributed by atoms with Gasteiger partial charge in [-0.3, -0.25) is 19.8 Å². The molecule has 1 aromatic rings. The number of rotatable bonds is 4. The van der Waals surface area contributed by atoms with Crippen LogP contribution in [0.25, 0.3) is 0 Å². The monoisotopic (exact) mass is 250 g/mol. The summed E-state index contributed by atoms with van der Waals surface area (Å²) in [4.78, 5) is 23.0. The van der Waals surface area contributed by atoms with E-state index in [9.17, 15) is 14.9 Å². The van der Waals surface area contributed by atoms with Crippen molar-refractivity contribution in [2.45, 2.75) is 25.4 Å². The molecule has 0 saturated carbocycles. The fourth-order valence-corrected chi connectivity index (χ4v) is 2.25. The van der Waals surface area contributed by atoms with Crippen molar-refractivity contribution in [1.29, 1.82) is 0 Å². The fourth-order valence-electron chi connectivity index (χ4n) is 2.25. The number of nitro benzene ring substituents is 1. The topological polar surface area (TPSA) is 83.7 Å².